The highest BCUT2D eigenvalue weighted by Gasteiger charge is 2.37. The molecule has 2 N–H and O–H groups in total. The summed E-state index contributed by atoms with van der Waals surface area (Å²) in [6, 6.07) is 1.39. The second kappa shape index (κ2) is 4.23. The van der Waals surface area contributed by atoms with E-state index in [0.29, 0.717) is 6.07 Å². The van der Waals surface area contributed by atoms with Crippen molar-refractivity contribution in [1.82, 2.24) is 0 Å². The summed E-state index contributed by atoms with van der Waals surface area (Å²) in [5, 5.41) is 12.6. The van der Waals surface area contributed by atoms with Crippen LogP contribution in [0.3, 0.4) is 0 Å². The number of Topliss-reactive ketones (excluding diaryl/α,β-unsaturated/α-hetero) is 1. The van der Waals surface area contributed by atoms with E-state index in [-0.39, 0.29) is 11.3 Å². The number of oxime groups is 1. The molecule has 1 aliphatic heterocycles. The van der Waals surface area contributed by atoms with E-state index in [9.17, 15) is 22.8 Å². The van der Waals surface area contributed by atoms with Crippen molar-refractivity contribution in [2.75, 3.05) is 5.32 Å². The summed E-state index contributed by atoms with van der Waals surface area (Å²) in [4.78, 5) is 22.5. The number of alkyl halides is 3. The second-order valence-electron chi connectivity index (χ2n) is 3.61. The maximum absolute atomic E-state index is 12.6. The predicted octanol–water partition coefficient (Wildman–Crippen LogP) is 2.06. The molecule has 0 aromatic heterocycles. The van der Waals surface area contributed by atoms with Gasteiger partial charge in [-0.2, -0.15) is 13.2 Å². The van der Waals surface area contributed by atoms with Crippen LogP contribution in [0.1, 0.15) is 11.1 Å². The van der Waals surface area contributed by atoms with Crippen molar-refractivity contribution in [3.05, 3.63) is 28.3 Å². The summed E-state index contributed by atoms with van der Waals surface area (Å²) in [6.07, 6.45) is -4.71. The summed E-state index contributed by atoms with van der Waals surface area (Å²) in [6.45, 7) is 0. The molecule has 0 fully saturated rings. The third-order valence-electron chi connectivity index (χ3n) is 2.44. The molecular formula is C10H4ClF3N2O3. The van der Waals surface area contributed by atoms with Crippen molar-refractivity contribution in [3.8, 4) is 0 Å². The molecule has 1 aromatic carbocycles. The molecule has 100 valence electrons. The number of carbonyl (C=O) groups is 2. The van der Waals surface area contributed by atoms with Crippen LogP contribution in [0.2, 0.25) is 5.02 Å². The lowest BCUT2D eigenvalue weighted by atomic mass is 9.97. The van der Waals surface area contributed by atoms with Gasteiger partial charge in [-0.3, -0.25) is 9.59 Å². The fraction of sp³-hybridized carbons (Fsp3) is 0.100. The number of rotatable bonds is 0. The van der Waals surface area contributed by atoms with Crippen molar-refractivity contribution in [2.24, 2.45) is 5.16 Å². The molecule has 0 unspecified atom stereocenters. The Morgan fingerprint density at radius 2 is 1.89 bits per heavy atom. The number of anilines is 1. The molecule has 0 saturated heterocycles. The van der Waals surface area contributed by atoms with E-state index in [4.69, 9.17) is 16.8 Å². The minimum absolute atomic E-state index is 0.176. The maximum Gasteiger partial charge on any atom is 0.417 e. The van der Waals surface area contributed by atoms with Crippen LogP contribution < -0.4 is 5.32 Å². The topological polar surface area (TPSA) is 78.8 Å². The summed E-state index contributed by atoms with van der Waals surface area (Å²) in [7, 11) is 0. The summed E-state index contributed by atoms with van der Waals surface area (Å²) in [5.41, 5.74) is -2.30. The Balaban J connectivity index is 2.69. The Hall–Kier alpha value is -2.09. The molecule has 0 atom stereocenters. The zero-order chi connectivity index (χ0) is 14.4. The van der Waals surface area contributed by atoms with Crippen LogP contribution in [0.15, 0.2) is 17.3 Å². The Morgan fingerprint density at radius 1 is 1.26 bits per heavy atom. The van der Waals surface area contributed by atoms with Crippen LogP contribution in [-0.2, 0) is 15.8 Å². The number of carbonyl (C=O) groups excluding carboxylic acids is 2. The molecule has 5 nitrogen and oxygen atoms in total. The van der Waals surface area contributed by atoms with Gasteiger partial charge in [-0.1, -0.05) is 16.8 Å². The molecule has 1 aliphatic rings. The number of amides is 1. The van der Waals surface area contributed by atoms with Gasteiger partial charge in [0.15, 0.2) is 5.71 Å². The minimum atomic E-state index is -4.71. The zero-order valence-electron chi connectivity index (χ0n) is 8.88. The number of hydrogen-bond acceptors (Lipinski definition) is 4. The van der Waals surface area contributed by atoms with E-state index >= 15 is 0 Å². The van der Waals surface area contributed by atoms with Gasteiger partial charge in [0.25, 0.3) is 11.7 Å². The van der Waals surface area contributed by atoms with E-state index in [1.165, 1.54) is 0 Å². The lowest BCUT2D eigenvalue weighted by Crippen LogP contribution is -2.36. The number of nitrogens with one attached hydrogen (secondary N) is 1. The molecule has 0 spiro atoms. The molecule has 1 heterocycles. The molecule has 0 radical (unpaired) electrons. The largest absolute Gasteiger partial charge is 0.417 e. The fourth-order valence-corrected chi connectivity index (χ4v) is 1.87. The summed E-state index contributed by atoms with van der Waals surface area (Å²) >= 11 is 5.47. The van der Waals surface area contributed by atoms with Gasteiger partial charge in [-0.25, -0.2) is 0 Å². The monoisotopic (exact) mass is 292 g/mol. The van der Waals surface area contributed by atoms with Gasteiger partial charge in [0.05, 0.1) is 16.3 Å². The SMILES string of the molecule is O=C1Nc2cc(C(F)(F)F)c(Cl)cc2C(=NO)C1=O. The quantitative estimate of drug-likeness (QED) is 0.436. The van der Waals surface area contributed by atoms with Crippen molar-refractivity contribution in [1.29, 1.82) is 0 Å². The van der Waals surface area contributed by atoms with Gasteiger partial charge >= 0.3 is 6.18 Å². The average molecular weight is 293 g/mol. The van der Waals surface area contributed by atoms with E-state index < -0.39 is 34.2 Å². The highest BCUT2D eigenvalue weighted by Crippen LogP contribution is 2.38. The smallest absolute Gasteiger partial charge is 0.410 e. The Bertz CT molecular complexity index is 625. The highest BCUT2D eigenvalue weighted by atomic mass is 35.5. The van der Waals surface area contributed by atoms with Gasteiger partial charge in [0, 0.05) is 5.56 Å². The molecule has 0 saturated carbocycles. The molecular weight excluding hydrogens is 289 g/mol. The van der Waals surface area contributed by atoms with Crippen LogP contribution in [0.25, 0.3) is 0 Å². The van der Waals surface area contributed by atoms with Gasteiger partial charge in [0.1, 0.15) is 0 Å². The first-order chi connectivity index (χ1) is 8.75. The standard InChI is InChI=1S/C10H4ClF3N2O3/c11-5-1-3-6(2-4(5)10(12,13)14)15-9(18)8(17)7(3)16-19/h1-2,19H,(H,15,18). The molecule has 1 aromatic rings. The number of nitrogens with zero attached hydrogens (tertiary/aromatic N) is 1. The molecule has 1 amide bonds. The number of ketones is 1. The first-order valence-electron chi connectivity index (χ1n) is 4.74. The van der Waals surface area contributed by atoms with E-state index in [2.05, 4.69) is 5.16 Å². The fourth-order valence-electron chi connectivity index (χ4n) is 1.60. The minimum Gasteiger partial charge on any atom is -0.410 e. The van der Waals surface area contributed by atoms with Crippen LogP contribution in [0.4, 0.5) is 18.9 Å². The van der Waals surface area contributed by atoms with Crippen molar-refractivity contribution in [3.63, 3.8) is 0 Å². The van der Waals surface area contributed by atoms with Crippen molar-refractivity contribution in [2.45, 2.75) is 6.18 Å². The third kappa shape index (κ3) is 2.14. The Labute approximate surface area is 108 Å². The van der Waals surface area contributed by atoms with E-state index in [1.807, 2.05) is 5.32 Å². The number of hydrogen-bond donors (Lipinski definition) is 2. The van der Waals surface area contributed by atoms with Crippen LogP contribution in [-0.4, -0.2) is 22.6 Å². The summed E-state index contributed by atoms with van der Waals surface area (Å²) < 4.78 is 37.9. The zero-order valence-corrected chi connectivity index (χ0v) is 9.63. The molecule has 2 rings (SSSR count). The lowest BCUT2D eigenvalue weighted by Gasteiger charge is -2.19. The number of benzene rings is 1. The van der Waals surface area contributed by atoms with Crippen LogP contribution in [0.5, 0.6) is 0 Å². The molecule has 0 bridgehead atoms. The van der Waals surface area contributed by atoms with Crippen molar-refractivity contribution >= 4 is 34.7 Å². The summed E-state index contributed by atoms with van der Waals surface area (Å²) in [5.74, 6) is -2.35. The molecule has 19 heavy (non-hydrogen) atoms. The van der Waals surface area contributed by atoms with Crippen LogP contribution in [0, 0.1) is 0 Å². The molecule has 9 heteroatoms. The maximum atomic E-state index is 12.6. The predicted molar refractivity (Wildman–Crippen MR) is 58.4 cm³/mol. The average Bonchev–Trinajstić information content (AvgIpc) is 2.30. The number of halogens is 4. The lowest BCUT2D eigenvalue weighted by molar-refractivity contribution is -0.137. The Morgan fingerprint density at radius 3 is 2.42 bits per heavy atom. The van der Waals surface area contributed by atoms with Crippen LogP contribution >= 0.6 is 11.6 Å². The van der Waals surface area contributed by atoms with E-state index in [1.54, 1.807) is 0 Å². The van der Waals surface area contributed by atoms with Gasteiger partial charge in [-0.15, -0.1) is 0 Å². The Kier molecular flexibility index (Phi) is 2.97. The normalized spacial score (nSPS) is 17.4. The highest BCUT2D eigenvalue weighted by molar-refractivity contribution is 6.72. The van der Waals surface area contributed by atoms with E-state index in [0.717, 1.165) is 6.07 Å². The van der Waals surface area contributed by atoms with Gasteiger partial charge < -0.3 is 10.5 Å². The number of fused-ring (bicyclic) bond motifs is 1. The first-order valence-corrected chi connectivity index (χ1v) is 5.12. The first kappa shape index (κ1) is 13.3. The van der Waals surface area contributed by atoms with Crippen molar-refractivity contribution < 1.29 is 28.0 Å². The third-order valence-corrected chi connectivity index (χ3v) is 2.75. The van der Waals surface area contributed by atoms with Gasteiger partial charge in [-0.05, 0) is 12.1 Å². The second-order valence-corrected chi connectivity index (χ2v) is 4.01. The van der Waals surface area contributed by atoms with Gasteiger partial charge in [0.2, 0.25) is 0 Å². The molecule has 0 aliphatic carbocycles.